The van der Waals surface area contributed by atoms with Gasteiger partial charge >= 0.3 is 6.18 Å². The predicted octanol–water partition coefficient (Wildman–Crippen LogP) is 3.01. The number of phenols is 1. The summed E-state index contributed by atoms with van der Waals surface area (Å²) < 4.78 is 36.5. The summed E-state index contributed by atoms with van der Waals surface area (Å²) in [5, 5.41) is 9.12. The van der Waals surface area contributed by atoms with Crippen molar-refractivity contribution in [2.75, 3.05) is 0 Å². The molecule has 72 valence electrons. The molecular formula is C8H7F3OS. The lowest BCUT2D eigenvalue weighted by Gasteiger charge is -2.11. The van der Waals surface area contributed by atoms with Crippen LogP contribution in [0, 0.1) is 6.92 Å². The van der Waals surface area contributed by atoms with Gasteiger partial charge in [-0.25, -0.2) is 0 Å². The van der Waals surface area contributed by atoms with E-state index in [0.29, 0.717) is 5.56 Å². The van der Waals surface area contributed by atoms with E-state index >= 15 is 0 Å². The van der Waals surface area contributed by atoms with Crippen molar-refractivity contribution in [2.24, 2.45) is 0 Å². The second-order valence-electron chi connectivity index (χ2n) is 2.62. The van der Waals surface area contributed by atoms with Crippen LogP contribution in [-0.2, 0) is 6.18 Å². The highest BCUT2D eigenvalue weighted by Gasteiger charge is 2.34. The van der Waals surface area contributed by atoms with E-state index < -0.39 is 17.5 Å². The first-order valence-electron chi connectivity index (χ1n) is 3.42. The number of hydrogen-bond donors (Lipinski definition) is 2. The van der Waals surface area contributed by atoms with Gasteiger partial charge in [0.25, 0.3) is 0 Å². The van der Waals surface area contributed by atoms with Gasteiger partial charge in [-0.05, 0) is 18.6 Å². The van der Waals surface area contributed by atoms with Crippen LogP contribution < -0.4 is 0 Å². The van der Waals surface area contributed by atoms with Crippen molar-refractivity contribution in [3.8, 4) is 5.75 Å². The zero-order valence-electron chi connectivity index (χ0n) is 6.68. The molecule has 0 aromatic heterocycles. The van der Waals surface area contributed by atoms with Crippen LogP contribution in [-0.4, -0.2) is 5.11 Å². The molecular weight excluding hydrogens is 201 g/mol. The van der Waals surface area contributed by atoms with Gasteiger partial charge in [0, 0.05) is 4.90 Å². The van der Waals surface area contributed by atoms with Gasteiger partial charge < -0.3 is 5.11 Å². The molecule has 0 bridgehead atoms. The molecule has 0 fully saturated rings. The van der Waals surface area contributed by atoms with Crippen molar-refractivity contribution >= 4 is 12.6 Å². The molecule has 0 atom stereocenters. The first-order valence-corrected chi connectivity index (χ1v) is 3.87. The maximum Gasteiger partial charge on any atom is 0.419 e. The molecule has 0 aliphatic rings. The monoisotopic (exact) mass is 208 g/mol. The fourth-order valence-corrected chi connectivity index (χ4v) is 1.10. The number of phenolic OH excluding ortho intramolecular Hbond substituents is 1. The zero-order chi connectivity index (χ0) is 10.2. The fraction of sp³-hybridized carbons (Fsp3) is 0.250. The second-order valence-corrected chi connectivity index (χ2v) is 3.07. The normalized spacial score (nSPS) is 11.8. The van der Waals surface area contributed by atoms with Crippen LogP contribution in [0.1, 0.15) is 11.1 Å². The maximum atomic E-state index is 12.2. The van der Waals surface area contributed by atoms with E-state index in [1.54, 1.807) is 6.92 Å². The summed E-state index contributed by atoms with van der Waals surface area (Å²) in [6.07, 6.45) is -4.53. The van der Waals surface area contributed by atoms with Crippen molar-refractivity contribution in [1.82, 2.24) is 0 Å². The van der Waals surface area contributed by atoms with E-state index in [1.165, 1.54) is 6.07 Å². The zero-order valence-corrected chi connectivity index (χ0v) is 7.58. The van der Waals surface area contributed by atoms with Gasteiger partial charge in [0.2, 0.25) is 0 Å². The highest BCUT2D eigenvalue weighted by molar-refractivity contribution is 7.80. The number of alkyl halides is 3. The Kier molecular flexibility index (Phi) is 2.47. The maximum absolute atomic E-state index is 12.2. The Morgan fingerprint density at radius 3 is 2.31 bits per heavy atom. The minimum atomic E-state index is -4.53. The number of benzene rings is 1. The molecule has 1 nitrogen and oxygen atoms in total. The van der Waals surface area contributed by atoms with Crippen LogP contribution in [0.15, 0.2) is 17.0 Å². The quantitative estimate of drug-likeness (QED) is 0.628. The molecule has 1 aromatic rings. The van der Waals surface area contributed by atoms with Gasteiger partial charge in [-0.2, -0.15) is 13.2 Å². The molecule has 0 unspecified atom stereocenters. The molecule has 0 amide bonds. The van der Waals surface area contributed by atoms with Crippen LogP contribution in [0.2, 0.25) is 0 Å². The molecule has 0 spiro atoms. The van der Waals surface area contributed by atoms with Gasteiger partial charge in [-0.1, -0.05) is 6.07 Å². The second kappa shape index (κ2) is 3.14. The molecule has 0 heterocycles. The minimum Gasteiger partial charge on any atom is -0.506 e. The number of rotatable bonds is 0. The predicted molar refractivity (Wildman–Crippen MR) is 45.1 cm³/mol. The summed E-state index contributed by atoms with van der Waals surface area (Å²) in [5.41, 5.74) is -0.545. The van der Waals surface area contributed by atoms with Crippen molar-refractivity contribution in [3.63, 3.8) is 0 Å². The Bertz CT molecular complexity index is 333. The molecule has 1 rings (SSSR count). The van der Waals surface area contributed by atoms with Gasteiger partial charge in [0.1, 0.15) is 5.75 Å². The summed E-state index contributed by atoms with van der Waals surface area (Å²) in [5.74, 6) is -0.809. The topological polar surface area (TPSA) is 20.2 Å². The molecule has 0 saturated carbocycles. The number of hydrogen-bond acceptors (Lipinski definition) is 2. The van der Waals surface area contributed by atoms with Crippen molar-refractivity contribution in [2.45, 2.75) is 18.0 Å². The SMILES string of the molecule is Cc1ccc(C(F)(F)F)c(O)c1S. The molecule has 1 aromatic carbocycles. The lowest BCUT2D eigenvalue weighted by molar-refractivity contribution is -0.139. The lowest BCUT2D eigenvalue weighted by atomic mass is 10.1. The lowest BCUT2D eigenvalue weighted by Crippen LogP contribution is -2.05. The first kappa shape index (κ1) is 10.2. The van der Waals surface area contributed by atoms with Crippen LogP contribution in [0.4, 0.5) is 13.2 Å². The van der Waals surface area contributed by atoms with Gasteiger partial charge in [0.05, 0.1) is 5.56 Å². The Labute approximate surface area is 78.6 Å². The largest absolute Gasteiger partial charge is 0.506 e. The third kappa shape index (κ3) is 1.91. The average Bonchev–Trinajstić information content (AvgIpc) is 1.98. The van der Waals surface area contributed by atoms with E-state index in [0.717, 1.165) is 6.07 Å². The summed E-state index contributed by atoms with van der Waals surface area (Å²) >= 11 is 3.76. The van der Waals surface area contributed by atoms with Crippen LogP contribution in [0.5, 0.6) is 5.75 Å². The number of aryl methyl sites for hydroxylation is 1. The van der Waals surface area contributed by atoms with Crippen LogP contribution >= 0.6 is 12.6 Å². The van der Waals surface area contributed by atoms with Crippen molar-refractivity contribution < 1.29 is 18.3 Å². The van der Waals surface area contributed by atoms with Gasteiger partial charge in [-0.15, -0.1) is 12.6 Å². The average molecular weight is 208 g/mol. The van der Waals surface area contributed by atoms with Crippen molar-refractivity contribution in [3.05, 3.63) is 23.3 Å². The van der Waals surface area contributed by atoms with E-state index in [-0.39, 0.29) is 4.90 Å². The molecule has 1 N–H and O–H groups in total. The smallest absolute Gasteiger partial charge is 0.419 e. The number of aromatic hydroxyl groups is 1. The van der Waals surface area contributed by atoms with Crippen molar-refractivity contribution in [1.29, 1.82) is 0 Å². The van der Waals surface area contributed by atoms with Crippen LogP contribution in [0.3, 0.4) is 0 Å². The van der Waals surface area contributed by atoms with Gasteiger partial charge in [0.15, 0.2) is 0 Å². The Morgan fingerprint density at radius 1 is 1.31 bits per heavy atom. The Hall–Kier alpha value is -0.840. The third-order valence-electron chi connectivity index (χ3n) is 1.66. The summed E-state index contributed by atoms with van der Waals surface area (Å²) in [4.78, 5) is -0.0326. The highest BCUT2D eigenvalue weighted by atomic mass is 32.1. The molecule has 0 aliphatic carbocycles. The minimum absolute atomic E-state index is 0.0326. The Morgan fingerprint density at radius 2 is 1.85 bits per heavy atom. The molecule has 0 radical (unpaired) electrons. The van der Waals surface area contributed by atoms with Gasteiger partial charge in [-0.3, -0.25) is 0 Å². The number of thiol groups is 1. The summed E-state index contributed by atoms with van der Waals surface area (Å²) in [7, 11) is 0. The third-order valence-corrected chi connectivity index (χ3v) is 2.22. The fourth-order valence-electron chi connectivity index (χ4n) is 0.909. The Balaban J connectivity index is 3.35. The highest BCUT2D eigenvalue weighted by Crippen LogP contribution is 2.39. The molecule has 0 aliphatic heterocycles. The summed E-state index contributed by atoms with van der Waals surface area (Å²) in [6, 6.07) is 2.11. The first-order chi connectivity index (χ1) is 5.84. The number of halogens is 3. The van der Waals surface area contributed by atoms with E-state index in [4.69, 9.17) is 5.11 Å². The van der Waals surface area contributed by atoms with E-state index in [1.807, 2.05) is 0 Å². The molecule has 13 heavy (non-hydrogen) atoms. The van der Waals surface area contributed by atoms with E-state index in [9.17, 15) is 13.2 Å². The molecule has 5 heteroatoms. The summed E-state index contributed by atoms with van der Waals surface area (Å²) in [6.45, 7) is 1.57. The standard InChI is InChI=1S/C8H7F3OS/c1-4-2-3-5(8(9,10)11)6(12)7(4)13/h2-3,12-13H,1H3. The molecule has 0 saturated heterocycles. The van der Waals surface area contributed by atoms with E-state index in [2.05, 4.69) is 12.6 Å². The van der Waals surface area contributed by atoms with Crippen LogP contribution in [0.25, 0.3) is 0 Å².